The van der Waals surface area contributed by atoms with Gasteiger partial charge in [-0.25, -0.2) is 4.98 Å². The molecule has 0 unspecified atom stereocenters. The van der Waals surface area contributed by atoms with Crippen molar-refractivity contribution < 1.29 is 0 Å². The molecule has 2 aromatic rings. The lowest BCUT2D eigenvalue weighted by Crippen LogP contribution is -2.18. The molecule has 0 bridgehead atoms. The van der Waals surface area contributed by atoms with Crippen molar-refractivity contribution >= 4 is 21.7 Å². The molecule has 0 aromatic carbocycles. The molecule has 2 rings (SSSR count). The van der Waals surface area contributed by atoms with Gasteiger partial charge in [-0.1, -0.05) is 0 Å². The Kier molecular flexibility index (Phi) is 3.29. The van der Waals surface area contributed by atoms with Crippen molar-refractivity contribution in [1.29, 1.82) is 0 Å². The number of hydrogen-bond acceptors (Lipinski definition) is 2. The second kappa shape index (κ2) is 4.70. The summed E-state index contributed by atoms with van der Waals surface area (Å²) in [4.78, 5) is 9.75. The van der Waals surface area contributed by atoms with Gasteiger partial charge in [0.25, 0.3) is 0 Å². The number of anilines is 1. The Balaban J connectivity index is 2.17. The fourth-order valence-electron chi connectivity index (χ4n) is 1.73. The second-order valence-electron chi connectivity index (χ2n) is 3.85. The minimum absolute atomic E-state index is 0.836. The van der Waals surface area contributed by atoms with Crippen LogP contribution in [0, 0.1) is 6.92 Å². The van der Waals surface area contributed by atoms with E-state index < -0.39 is 0 Å². The van der Waals surface area contributed by atoms with Crippen molar-refractivity contribution in [2.24, 2.45) is 0 Å². The quantitative estimate of drug-likeness (QED) is 0.936. The number of rotatable bonds is 3. The van der Waals surface area contributed by atoms with Gasteiger partial charge in [0.15, 0.2) is 0 Å². The number of aromatic amines is 1. The minimum atomic E-state index is 0.836. The molecule has 0 saturated heterocycles. The molecule has 0 amide bonds. The Morgan fingerprint density at radius 2 is 2.31 bits per heavy atom. The van der Waals surface area contributed by atoms with Gasteiger partial charge in [0, 0.05) is 29.6 Å². The first-order valence-corrected chi connectivity index (χ1v) is 5.91. The lowest BCUT2D eigenvalue weighted by molar-refractivity contribution is 0.867. The van der Waals surface area contributed by atoms with Crippen molar-refractivity contribution in [2.45, 2.75) is 13.5 Å². The highest BCUT2D eigenvalue weighted by Crippen LogP contribution is 2.20. The maximum atomic E-state index is 4.42. The van der Waals surface area contributed by atoms with E-state index in [-0.39, 0.29) is 0 Å². The molecule has 3 nitrogen and oxygen atoms in total. The maximum Gasteiger partial charge on any atom is 0.131 e. The summed E-state index contributed by atoms with van der Waals surface area (Å²) in [6, 6.07) is 6.16. The Morgan fingerprint density at radius 3 is 2.94 bits per heavy atom. The number of nitrogens with one attached hydrogen (secondary N) is 1. The third kappa shape index (κ3) is 2.44. The van der Waals surface area contributed by atoms with Crippen LogP contribution in [0.4, 0.5) is 5.82 Å². The molecule has 0 spiro atoms. The van der Waals surface area contributed by atoms with Gasteiger partial charge in [-0.3, -0.25) is 0 Å². The van der Waals surface area contributed by atoms with Crippen LogP contribution in [-0.2, 0) is 6.54 Å². The van der Waals surface area contributed by atoms with Crippen LogP contribution in [0.2, 0.25) is 0 Å². The number of hydrogen-bond donors (Lipinski definition) is 1. The van der Waals surface area contributed by atoms with E-state index >= 15 is 0 Å². The lowest BCUT2D eigenvalue weighted by atomic mass is 10.2. The summed E-state index contributed by atoms with van der Waals surface area (Å²) in [5.41, 5.74) is 2.36. The van der Waals surface area contributed by atoms with Crippen molar-refractivity contribution in [3.05, 3.63) is 46.3 Å². The third-order valence-electron chi connectivity index (χ3n) is 2.45. The summed E-state index contributed by atoms with van der Waals surface area (Å²) in [7, 11) is 2.05. The van der Waals surface area contributed by atoms with Crippen LogP contribution in [0.15, 0.2) is 35.1 Å². The first kappa shape index (κ1) is 11.2. The SMILES string of the molecule is Cc1cc(Br)cnc1N(C)Cc1ccc[nH]1. The van der Waals surface area contributed by atoms with Gasteiger partial charge in [0.1, 0.15) is 5.82 Å². The predicted octanol–water partition coefficient (Wildman–Crippen LogP) is 3.12. The molecule has 0 fully saturated rings. The molecule has 84 valence electrons. The van der Waals surface area contributed by atoms with Crippen molar-refractivity contribution in [3.8, 4) is 0 Å². The summed E-state index contributed by atoms with van der Waals surface area (Å²) < 4.78 is 1.02. The first-order chi connectivity index (χ1) is 7.66. The predicted molar refractivity (Wildman–Crippen MR) is 69.6 cm³/mol. The summed E-state index contributed by atoms with van der Waals surface area (Å²) in [5, 5.41) is 0. The van der Waals surface area contributed by atoms with Gasteiger partial charge in [-0.15, -0.1) is 0 Å². The number of aryl methyl sites for hydroxylation is 1. The molecule has 2 heterocycles. The van der Waals surface area contributed by atoms with Crippen LogP contribution in [0.3, 0.4) is 0 Å². The monoisotopic (exact) mass is 279 g/mol. The van der Waals surface area contributed by atoms with Gasteiger partial charge >= 0.3 is 0 Å². The van der Waals surface area contributed by atoms with Crippen LogP contribution < -0.4 is 4.90 Å². The van der Waals surface area contributed by atoms with Gasteiger partial charge in [0.2, 0.25) is 0 Å². The molecule has 0 aliphatic carbocycles. The zero-order chi connectivity index (χ0) is 11.5. The molecule has 16 heavy (non-hydrogen) atoms. The summed E-state index contributed by atoms with van der Waals surface area (Å²) >= 11 is 3.42. The highest BCUT2D eigenvalue weighted by molar-refractivity contribution is 9.10. The van der Waals surface area contributed by atoms with E-state index in [0.717, 1.165) is 16.8 Å². The average Bonchev–Trinajstić information content (AvgIpc) is 2.70. The first-order valence-electron chi connectivity index (χ1n) is 5.12. The summed E-state index contributed by atoms with van der Waals surface area (Å²) in [5.74, 6) is 1.01. The number of aromatic nitrogens is 2. The standard InChI is InChI=1S/C12H14BrN3/c1-9-6-10(13)7-15-12(9)16(2)8-11-4-3-5-14-11/h3-7,14H,8H2,1-2H3. The van der Waals surface area contributed by atoms with Crippen LogP contribution in [0.25, 0.3) is 0 Å². The molecule has 2 aromatic heterocycles. The van der Waals surface area contributed by atoms with Crippen molar-refractivity contribution in [2.75, 3.05) is 11.9 Å². The minimum Gasteiger partial charge on any atom is -0.364 e. The Morgan fingerprint density at radius 1 is 1.50 bits per heavy atom. The van der Waals surface area contributed by atoms with E-state index in [1.165, 1.54) is 11.3 Å². The maximum absolute atomic E-state index is 4.42. The van der Waals surface area contributed by atoms with E-state index in [4.69, 9.17) is 0 Å². The highest BCUT2D eigenvalue weighted by atomic mass is 79.9. The number of nitrogens with zero attached hydrogens (tertiary/aromatic N) is 2. The Hall–Kier alpha value is -1.29. The summed E-state index contributed by atoms with van der Waals surface area (Å²) in [6.07, 6.45) is 3.76. The van der Waals surface area contributed by atoms with Gasteiger partial charge in [0.05, 0.1) is 6.54 Å². The lowest BCUT2D eigenvalue weighted by Gasteiger charge is -2.19. The largest absolute Gasteiger partial charge is 0.364 e. The Labute approximate surface area is 104 Å². The zero-order valence-corrected chi connectivity index (χ0v) is 11.0. The molecule has 0 radical (unpaired) electrons. The van der Waals surface area contributed by atoms with Crippen LogP contribution >= 0.6 is 15.9 Å². The van der Waals surface area contributed by atoms with Gasteiger partial charge in [-0.2, -0.15) is 0 Å². The van der Waals surface area contributed by atoms with E-state index in [0.29, 0.717) is 0 Å². The van der Waals surface area contributed by atoms with Gasteiger partial charge in [-0.05, 0) is 46.6 Å². The van der Waals surface area contributed by atoms with Crippen molar-refractivity contribution in [1.82, 2.24) is 9.97 Å². The van der Waals surface area contributed by atoms with E-state index in [1.54, 1.807) is 0 Å². The molecule has 1 N–H and O–H groups in total. The average molecular weight is 280 g/mol. The van der Waals surface area contributed by atoms with E-state index in [9.17, 15) is 0 Å². The van der Waals surface area contributed by atoms with E-state index in [1.807, 2.05) is 25.5 Å². The fourth-order valence-corrected chi connectivity index (χ4v) is 2.17. The smallest absolute Gasteiger partial charge is 0.131 e. The second-order valence-corrected chi connectivity index (χ2v) is 4.76. The molecule has 0 atom stereocenters. The number of H-pyrrole nitrogens is 1. The number of pyridine rings is 1. The molecule has 0 saturated carbocycles. The topological polar surface area (TPSA) is 31.9 Å². The normalized spacial score (nSPS) is 10.4. The van der Waals surface area contributed by atoms with Gasteiger partial charge < -0.3 is 9.88 Å². The molecule has 0 aliphatic heterocycles. The molecular formula is C12H14BrN3. The number of halogens is 1. The van der Waals surface area contributed by atoms with Crippen molar-refractivity contribution in [3.63, 3.8) is 0 Å². The molecule has 0 aliphatic rings. The summed E-state index contributed by atoms with van der Waals surface area (Å²) in [6.45, 7) is 2.90. The zero-order valence-electron chi connectivity index (χ0n) is 9.37. The molecule has 4 heteroatoms. The molecular weight excluding hydrogens is 266 g/mol. The Bertz CT molecular complexity index is 465. The van der Waals surface area contributed by atoms with Crippen LogP contribution in [0.1, 0.15) is 11.3 Å². The van der Waals surface area contributed by atoms with E-state index in [2.05, 4.69) is 49.9 Å². The fraction of sp³-hybridized carbons (Fsp3) is 0.250. The third-order valence-corrected chi connectivity index (χ3v) is 2.88. The highest BCUT2D eigenvalue weighted by Gasteiger charge is 2.07. The van der Waals surface area contributed by atoms with Crippen LogP contribution in [-0.4, -0.2) is 17.0 Å². The van der Waals surface area contributed by atoms with Crippen LogP contribution in [0.5, 0.6) is 0 Å².